The summed E-state index contributed by atoms with van der Waals surface area (Å²) in [5.41, 5.74) is 4.81. The highest BCUT2D eigenvalue weighted by Crippen LogP contribution is 2.51. The van der Waals surface area contributed by atoms with Crippen LogP contribution in [0.5, 0.6) is 0 Å². The van der Waals surface area contributed by atoms with Crippen molar-refractivity contribution in [2.75, 3.05) is 6.16 Å². The van der Waals surface area contributed by atoms with Crippen LogP contribution in [-0.4, -0.2) is 6.16 Å². The van der Waals surface area contributed by atoms with Gasteiger partial charge in [-0.05, 0) is 84.3 Å². The van der Waals surface area contributed by atoms with E-state index in [0.717, 1.165) is 23.7 Å². The van der Waals surface area contributed by atoms with Crippen molar-refractivity contribution in [1.29, 1.82) is 0 Å². The fourth-order valence-electron chi connectivity index (χ4n) is 6.49. The van der Waals surface area contributed by atoms with Crippen molar-refractivity contribution in [3.8, 4) is 0 Å². The number of rotatable bonds is 7. The average Bonchev–Trinajstić information content (AvgIpc) is 3.24. The average molecular weight is 467 g/mol. The molecule has 1 unspecified atom stereocenters. The quantitative estimate of drug-likeness (QED) is 0.307. The van der Waals surface area contributed by atoms with E-state index in [1.54, 1.807) is 16.7 Å². The summed E-state index contributed by atoms with van der Waals surface area (Å²) in [6, 6.07) is 31.7. The predicted octanol–water partition coefficient (Wildman–Crippen LogP) is 8.40. The first-order chi connectivity index (χ1) is 16.6. The molecule has 176 valence electrons. The molecular weight excluding hydrogens is 427 g/mol. The first-order valence-corrected chi connectivity index (χ1v) is 14.8. The molecule has 0 spiro atoms. The van der Waals surface area contributed by atoms with Gasteiger partial charge in [-0.1, -0.05) is 118 Å². The van der Waals surface area contributed by atoms with Crippen LogP contribution in [0.25, 0.3) is 5.57 Å². The van der Waals surface area contributed by atoms with Crippen LogP contribution in [-0.2, 0) is 0 Å². The minimum atomic E-state index is -0.341. The van der Waals surface area contributed by atoms with Gasteiger partial charge in [-0.2, -0.15) is 0 Å². The first-order valence-electron chi connectivity index (χ1n) is 13.3. The zero-order chi connectivity index (χ0) is 23.5. The molecule has 0 N–H and O–H groups in total. The van der Waals surface area contributed by atoms with E-state index in [0.29, 0.717) is 5.92 Å². The highest BCUT2D eigenvalue weighted by atomic mass is 31.1. The molecular formula is C33H39P. The molecule has 1 saturated carbocycles. The fourth-order valence-corrected chi connectivity index (χ4v) is 8.91. The smallest absolute Gasteiger partial charge is 0.00337 e. The summed E-state index contributed by atoms with van der Waals surface area (Å²) in [4.78, 5) is 0. The van der Waals surface area contributed by atoms with Crippen LogP contribution in [0.1, 0.15) is 63.5 Å². The summed E-state index contributed by atoms with van der Waals surface area (Å²) >= 11 is 0. The normalized spacial score (nSPS) is 24.3. The molecule has 1 heteroatoms. The highest BCUT2D eigenvalue weighted by Gasteiger charge is 2.37. The maximum Gasteiger partial charge on any atom is 0.00337 e. The van der Waals surface area contributed by atoms with Crippen LogP contribution in [0.2, 0.25) is 0 Å². The molecule has 4 atom stereocenters. The van der Waals surface area contributed by atoms with Crippen molar-refractivity contribution in [2.45, 2.75) is 52.4 Å². The number of allylic oxidation sites excluding steroid dienone is 2. The molecule has 0 aromatic heterocycles. The molecule has 1 fully saturated rings. The highest BCUT2D eigenvalue weighted by molar-refractivity contribution is 7.73. The molecule has 34 heavy (non-hydrogen) atoms. The monoisotopic (exact) mass is 466 g/mol. The lowest BCUT2D eigenvalue weighted by atomic mass is 9.66. The Labute approximate surface area is 208 Å². The topological polar surface area (TPSA) is 0 Å². The zero-order valence-corrected chi connectivity index (χ0v) is 21.9. The van der Waals surface area contributed by atoms with E-state index in [2.05, 4.69) is 112 Å². The summed E-state index contributed by atoms with van der Waals surface area (Å²) < 4.78 is 0. The van der Waals surface area contributed by atoms with Gasteiger partial charge in [0.15, 0.2) is 0 Å². The summed E-state index contributed by atoms with van der Waals surface area (Å²) in [6.07, 6.45) is 9.31. The van der Waals surface area contributed by atoms with Gasteiger partial charge in [0, 0.05) is 5.92 Å². The first kappa shape index (κ1) is 23.6. The van der Waals surface area contributed by atoms with E-state index in [1.807, 2.05) is 0 Å². The largest absolute Gasteiger partial charge is 0.0729 e. The van der Waals surface area contributed by atoms with Crippen molar-refractivity contribution in [3.05, 3.63) is 102 Å². The lowest BCUT2D eigenvalue weighted by molar-refractivity contribution is 0.185. The Kier molecular flexibility index (Phi) is 7.36. The summed E-state index contributed by atoms with van der Waals surface area (Å²) in [5.74, 6) is 3.69. The van der Waals surface area contributed by atoms with Gasteiger partial charge < -0.3 is 0 Å². The van der Waals surface area contributed by atoms with Crippen molar-refractivity contribution in [1.82, 2.24) is 0 Å². The zero-order valence-electron chi connectivity index (χ0n) is 21.0. The fraction of sp³-hybridized carbons (Fsp3) is 0.394. The predicted molar refractivity (Wildman–Crippen MR) is 151 cm³/mol. The van der Waals surface area contributed by atoms with Crippen LogP contribution in [0.4, 0.5) is 0 Å². The third-order valence-corrected chi connectivity index (χ3v) is 10.8. The Morgan fingerprint density at radius 3 is 2.06 bits per heavy atom. The van der Waals surface area contributed by atoms with Crippen LogP contribution in [0.15, 0.2) is 91.0 Å². The Bertz CT molecular complexity index is 1060. The SMILES string of the molecule is CC(C)[C@H]1CC[C@H](C)C[C@H]1C1=CC(CCP(c2ccccc2)c2ccccc2)c2ccccc21. The second-order valence-corrected chi connectivity index (χ2v) is 13.2. The molecule has 0 amide bonds. The van der Waals surface area contributed by atoms with Crippen LogP contribution in [0, 0.1) is 23.7 Å². The van der Waals surface area contributed by atoms with Gasteiger partial charge in [-0.3, -0.25) is 0 Å². The second-order valence-electron chi connectivity index (χ2n) is 10.9. The maximum absolute atomic E-state index is 2.70. The lowest BCUT2D eigenvalue weighted by Crippen LogP contribution is -2.28. The van der Waals surface area contributed by atoms with Gasteiger partial charge in [-0.15, -0.1) is 0 Å². The molecule has 0 bridgehead atoms. The van der Waals surface area contributed by atoms with Crippen LogP contribution in [0.3, 0.4) is 0 Å². The lowest BCUT2D eigenvalue weighted by Gasteiger charge is -2.38. The Morgan fingerprint density at radius 2 is 1.41 bits per heavy atom. The molecule has 0 heterocycles. The molecule has 0 nitrogen and oxygen atoms in total. The Morgan fingerprint density at radius 1 is 0.794 bits per heavy atom. The minimum absolute atomic E-state index is 0.341. The molecule has 3 aromatic rings. The second kappa shape index (κ2) is 10.6. The molecule has 0 aliphatic heterocycles. The Balaban J connectivity index is 1.43. The van der Waals surface area contributed by atoms with E-state index in [9.17, 15) is 0 Å². The third kappa shape index (κ3) is 4.94. The molecule has 2 aliphatic carbocycles. The van der Waals surface area contributed by atoms with Crippen LogP contribution < -0.4 is 10.6 Å². The standard InChI is InChI=1S/C33H39P/c1-24(2)29-19-18-25(3)22-32(29)33-23-26(30-16-10-11-17-31(30)33)20-21-34(27-12-6-4-7-13-27)28-14-8-5-9-15-28/h4-17,23-26,29,32H,18-22H2,1-3H3/t25-,26?,29+,32+/m0/s1. The van der Waals surface area contributed by atoms with Gasteiger partial charge >= 0.3 is 0 Å². The van der Waals surface area contributed by atoms with Crippen LogP contribution >= 0.6 is 7.92 Å². The van der Waals surface area contributed by atoms with E-state index < -0.39 is 0 Å². The summed E-state index contributed by atoms with van der Waals surface area (Å²) in [5, 5.41) is 3.00. The van der Waals surface area contributed by atoms with Gasteiger partial charge in [-0.25, -0.2) is 0 Å². The number of benzene rings is 3. The summed E-state index contributed by atoms with van der Waals surface area (Å²) in [6.45, 7) is 7.36. The van der Waals surface area contributed by atoms with Crippen molar-refractivity contribution >= 4 is 24.1 Å². The van der Waals surface area contributed by atoms with E-state index in [-0.39, 0.29) is 7.92 Å². The van der Waals surface area contributed by atoms with Gasteiger partial charge in [0.05, 0.1) is 0 Å². The molecule has 0 saturated heterocycles. The molecule has 5 rings (SSSR count). The maximum atomic E-state index is 2.70. The molecule has 3 aromatic carbocycles. The summed E-state index contributed by atoms with van der Waals surface area (Å²) in [7, 11) is -0.341. The van der Waals surface area contributed by atoms with Gasteiger partial charge in [0.2, 0.25) is 0 Å². The number of fused-ring (bicyclic) bond motifs is 1. The molecule has 0 radical (unpaired) electrons. The number of hydrogen-bond acceptors (Lipinski definition) is 0. The van der Waals surface area contributed by atoms with Crippen molar-refractivity contribution in [2.24, 2.45) is 23.7 Å². The van der Waals surface area contributed by atoms with Gasteiger partial charge in [0.25, 0.3) is 0 Å². The van der Waals surface area contributed by atoms with Gasteiger partial charge in [0.1, 0.15) is 0 Å². The van der Waals surface area contributed by atoms with E-state index in [1.165, 1.54) is 42.5 Å². The number of hydrogen-bond donors (Lipinski definition) is 0. The third-order valence-electron chi connectivity index (χ3n) is 8.27. The van der Waals surface area contributed by atoms with E-state index >= 15 is 0 Å². The Hall–Kier alpha value is -2.17. The van der Waals surface area contributed by atoms with Crippen molar-refractivity contribution in [3.63, 3.8) is 0 Å². The molecule has 2 aliphatic rings. The van der Waals surface area contributed by atoms with Crippen molar-refractivity contribution < 1.29 is 0 Å². The minimum Gasteiger partial charge on any atom is -0.0729 e. The van der Waals surface area contributed by atoms with E-state index in [4.69, 9.17) is 0 Å².